The number of thioether (sulfide) groups is 1. The summed E-state index contributed by atoms with van der Waals surface area (Å²) in [5.41, 5.74) is 0.333. The molecular weight excluding hydrogens is 462 g/mol. The van der Waals surface area contributed by atoms with E-state index in [1.54, 1.807) is 4.52 Å². The summed E-state index contributed by atoms with van der Waals surface area (Å²) in [6, 6.07) is 9.12. The van der Waals surface area contributed by atoms with Crippen LogP contribution in [0.5, 0.6) is 0 Å². The molecule has 0 aliphatic heterocycles. The zero-order chi connectivity index (χ0) is 24.0. The van der Waals surface area contributed by atoms with Crippen molar-refractivity contribution >= 4 is 40.1 Å². The Labute approximate surface area is 201 Å². The third-order valence-electron chi connectivity index (χ3n) is 4.26. The molecule has 1 unspecified atom stereocenters. The van der Waals surface area contributed by atoms with Gasteiger partial charge in [-0.3, -0.25) is 4.79 Å². The van der Waals surface area contributed by atoms with Gasteiger partial charge in [-0.05, 0) is 38.7 Å². The summed E-state index contributed by atoms with van der Waals surface area (Å²) in [5, 5.41) is 15.9. The van der Waals surface area contributed by atoms with Crippen molar-refractivity contribution in [3.05, 3.63) is 41.7 Å². The topological polar surface area (TPSA) is 108 Å². The monoisotopic (exact) mass is 491 g/mol. The highest BCUT2D eigenvalue weighted by atomic mass is 32.2. The molecule has 2 heterocycles. The second kappa shape index (κ2) is 11.0. The number of hydrogen-bond acceptors (Lipinski definition) is 9. The van der Waals surface area contributed by atoms with Crippen LogP contribution in [0.25, 0.3) is 4.96 Å². The van der Waals surface area contributed by atoms with Gasteiger partial charge in [0, 0.05) is 0 Å². The van der Waals surface area contributed by atoms with E-state index in [1.807, 2.05) is 51.1 Å². The Hall–Kier alpha value is -2.66. The minimum Gasteiger partial charge on any atom is -0.460 e. The van der Waals surface area contributed by atoms with E-state index in [9.17, 15) is 9.59 Å². The fourth-order valence-electron chi connectivity index (χ4n) is 2.94. The maximum absolute atomic E-state index is 12.4. The predicted molar refractivity (Wildman–Crippen MR) is 127 cm³/mol. The van der Waals surface area contributed by atoms with Crippen LogP contribution in [0.2, 0.25) is 0 Å². The van der Waals surface area contributed by atoms with Gasteiger partial charge in [0.15, 0.2) is 10.2 Å². The molecule has 0 aliphatic rings. The third kappa shape index (κ3) is 7.71. The summed E-state index contributed by atoms with van der Waals surface area (Å²) in [5.74, 6) is 0.639. The van der Waals surface area contributed by atoms with E-state index in [0.29, 0.717) is 27.5 Å². The zero-order valence-corrected chi connectivity index (χ0v) is 21.0. The molecule has 0 aliphatic carbocycles. The van der Waals surface area contributed by atoms with E-state index in [4.69, 9.17) is 9.47 Å². The number of esters is 1. The molecule has 9 nitrogen and oxygen atoms in total. The Kier molecular flexibility index (Phi) is 8.30. The second-order valence-corrected chi connectivity index (χ2v) is 11.1. The van der Waals surface area contributed by atoms with Gasteiger partial charge in [-0.25, -0.2) is 4.79 Å². The lowest BCUT2D eigenvalue weighted by molar-refractivity contribution is -0.141. The molecule has 178 valence electrons. The number of fused-ring (bicyclic) bond motifs is 1. The molecule has 0 bridgehead atoms. The summed E-state index contributed by atoms with van der Waals surface area (Å²) >= 11 is 2.61. The van der Waals surface area contributed by atoms with Crippen LogP contribution >= 0.6 is 23.1 Å². The molecule has 0 saturated carbocycles. The standard InChI is InChI=1S/C22H29N5O4S2/c1-14(2)11-16(23-20(29)31-22(3,4)5)18-24-25-19-27(18)26-21(33-19)32-13-17(28)30-12-15-9-7-6-8-10-15/h6-10,14,16H,11-13H2,1-5H3,(H,23,29). The number of aromatic nitrogens is 4. The lowest BCUT2D eigenvalue weighted by Gasteiger charge is -2.23. The van der Waals surface area contributed by atoms with Gasteiger partial charge in [0.05, 0.1) is 11.8 Å². The highest BCUT2D eigenvalue weighted by Gasteiger charge is 2.26. The molecule has 2 aromatic heterocycles. The number of ether oxygens (including phenoxy) is 2. The molecule has 3 aromatic rings. The van der Waals surface area contributed by atoms with Crippen LogP contribution in [0.4, 0.5) is 4.79 Å². The quantitative estimate of drug-likeness (QED) is 0.341. The van der Waals surface area contributed by atoms with E-state index in [0.717, 1.165) is 5.56 Å². The molecule has 0 spiro atoms. The largest absolute Gasteiger partial charge is 0.460 e. The maximum Gasteiger partial charge on any atom is 0.408 e. The zero-order valence-electron chi connectivity index (χ0n) is 19.4. The van der Waals surface area contributed by atoms with Crippen molar-refractivity contribution in [1.29, 1.82) is 0 Å². The maximum atomic E-state index is 12.4. The fourth-order valence-corrected chi connectivity index (χ4v) is 4.62. The van der Waals surface area contributed by atoms with E-state index >= 15 is 0 Å². The number of alkyl carbamates (subject to hydrolysis) is 1. The lowest BCUT2D eigenvalue weighted by atomic mass is 10.0. The van der Waals surface area contributed by atoms with E-state index < -0.39 is 17.7 Å². The average Bonchev–Trinajstić information content (AvgIpc) is 3.29. The predicted octanol–water partition coefficient (Wildman–Crippen LogP) is 4.63. The number of amides is 1. The smallest absolute Gasteiger partial charge is 0.408 e. The molecule has 1 aromatic carbocycles. The van der Waals surface area contributed by atoms with Crippen LogP contribution in [0.3, 0.4) is 0 Å². The van der Waals surface area contributed by atoms with Crippen LogP contribution in [-0.4, -0.2) is 43.2 Å². The van der Waals surface area contributed by atoms with Crippen molar-refractivity contribution in [3.63, 3.8) is 0 Å². The summed E-state index contributed by atoms with van der Waals surface area (Å²) in [6.07, 6.45) is 0.127. The number of carbonyl (C=O) groups is 2. The summed E-state index contributed by atoms with van der Waals surface area (Å²) in [4.78, 5) is 25.1. The molecule has 0 saturated heterocycles. The Bertz CT molecular complexity index is 1080. The molecule has 33 heavy (non-hydrogen) atoms. The van der Waals surface area contributed by atoms with Gasteiger partial charge < -0.3 is 14.8 Å². The van der Waals surface area contributed by atoms with Crippen molar-refractivity contribution < 1.29 is 19.1 Å². The van der Waals surface area contributed by atoms with Crippen LogP contribution in [0, 0.1) is 5.92 Å². The van der Waals surface area contributed by atoms with Crippen LogP contribution in [0.15, 0.2) is 34.7 Å². The number of rotatable bonds is 9. The minimum atomic E-state index is -0.605. The van der Waals surface area contributed by atoms with Crippen LogP contribution < -0.4 is 5.32 Å². The first kappa shape index (κ1) is 25.0. The number of carbonyl (C=O) groups excluding carboxylic acids is 2. The number of benzene rings is 1. The Morgan fingerprint density at radius 1 is 1.18 bits per heavy atom. The molecule has 0 radical (unpaired) electrons. The molecule has 11 heteroatoms. The van der Waals surface area contributed by atoms with Gasteiger partial charge in [0.1, 0.15) is 12.2 Å². The average molecular weight is 492 g/mol. The van der Waals surface area contributed by atoms with Gasteiger partial charge in [0.2, 0.25) is 4.96 Å². The van der Waals surface area contributed by atoms with Gasteiger partial charge >= 0.3 is 12.1 Å². The molecule has 1 amide bonds. The SMILES string of the molecule is CC(C)CC(NC(=O)OC(C)(C)C)c1nnc2sc(SCC(=O)OCc3ccccc3)nn12. The Balaban J connectivity index is 1.64. The van der Waals surface area contributed by atoms with E-state index in [2.05, 4.69) is 34.5 Å². The fraction of sp³-hybridized carbons (Fsp3) is 0.500. The number of nitrogens with zero attached hydrogens (tertiary/aromatic N) is 4. The van der Waals surface area contributed by atoms with Gasteiger partial charge in [0.25, 0.3) is 0 Å². The second-order valence-electron chi connectivity index (χ2n) is 8.88. The summed E-state index contributed by atoms with van der Waals surface area (Å²) in [6.45, 7) is 9.80. The lowest BCUT2D eigenvalue weighted by Crippen LogP contribution is -2.36. The molecular formula is C22H29N5O4S2. The van der Waals surface area contributed by atoms with Crippen molar-refractivity contribution in [2.75, 3.05) is 5.75 Å². The van der Waals surface area contributed by atoms with Crippen LogP contribution in [0.1, 0.15) is 58.5 Å². The van der Waals surface area contributed by atoms with Gasteiger partial charge in [-0.15, -0.1) is 15.3 Å². The Morgan fingerprint density at radius 3 is 2.58 bits per heavy atom. The van der Waals surface area contributed by atoms with E-state index in [-0.39, 0.29) is 18.3 Å². The highest BCUT2D eigenvalue weighted by Crippen LogP contribution is 2.28. The van der Waals surface area contributed by atoms with Gasteiger partial charge in [-0.1, -0.05) is 67.3 Å². The summed E-state index contributed by atoms with van der Waals surface area (Å²) in [7, 11) is 0. The van der Waals surface area contributed by atoms with Crippen molar-refractivity contribution in [1.82, 2.24) is 25.1 Å². The van der Waals surface area contributed by atoms with E-state index in [1.165, 1.54) is 23.1 Å². The summed E-state index contributed by atoms with van der Waals surface area (Å²) < 4.78 is 13.0. The first-order chi connectivity index (χ1) is 15.6. The van der Waals surface area contributed by atoms with Crippen LogP contribution in [-0.2, 0) is 20.9 Å². The molecule has 1 atom stereocenters. The first-order valence-electron chi connectivity index (χ1n) is 10.6. The normalized spacial score (nSPS) is 12.7. The molecule has 0 fully saturated rings. The van der Waals surface area contributed by atoms with Gasteiger partial charge in [-0.2, -0.15) is 4.52 Å². The molecule has 1 N–H and O–H groups in total. The number of hydrogen-bond donors (Lipinski definition) is 1. The first-order valence-corrected chi connectivity index (χ1v) is 12.4. The van der Waals surface area contributed by atoms with Crippen molar-refractivity contribution in [2.24, 2.45) is 5.92 Å². The number of nitrogens with one attached hydrogen (secondary N) is 1. The minimum absolute atomic E-state index is 0.137. The third-order valence-corrected chi connectivity index (χ3v) is 6.27. The Morgan fingerprint density at radius 2 is 1.91 bits per heavy atom. The highest BCUT2D eigenvalue weighted by molar-refractivity contribution is 8.01. The molecule has 3 rings (SSSR count). The van der Waals surface area contributed by atoms with Crippen molar-refractivity contribution in [2.45, 2.75) is 63.6 Å². The van der Waals surface area contributed by atoms with Crippen molar-refractivity contribution in [3.8, 4) is 0 Å².